The van der Waals surface area contributed by atoms with Gasteiger partial charge in [-0.25, -0.2) is 0 Å². The second-order valence-electron chi connectivity index (χ2n) is 8.49. The summed E-state index contributed by atoms with van der Waals surface area (Å²) in [5.41, 5.74) is 0.796. The number of hydrogen-bond acceptors (Lipinski definition) is 5. The van der Waals surface area contributed by atoms with Crippen LogP contribution in [0.25, 0.3) is 0 Å². The molecule has 4 rings (SSSR count). The molecule has 198 valence electrons. The van der Waals surface area contributed by atoms with Gasteiger partial charge in [-0.2, -0.15) is 18.3 Å². The molecule has 1 aliphatic carbocycles. The third-order valence-corrected chi connectivity index (χ3v) is 6.39. The maximum absolute atomic E-state index is 13.3. The van der Waals surface area contributed by atoms with Crippen molar-refractivity contribution in [2.45, 2.75) is 51.9 Å². The van der Waals surface area contributed by atoms with E-state index >= 15 is 0 Å². The molecule has 0 spiro atoms. The number of ether oxygens (including phenoxy) is 3. The van der Waals surface area contributed by atoms with Gasteiger partial charge in [0.2, 0.25) is 5.91 Å². The minimum absolute atomic E-state index is 0.0257. The van der Waals surface area contributed by atoms with E-state index in [1.54, 1.807) is 24.3 Å². The number of carbonyl (C=O) groups excluding carboxylic acids is 1. The first-order valence-corrected chi connectivity index (χ1v) is 12.7. The van der Waals surface area contributed by atoms with Crippen LogP contribution in [0, 0.1) is 0 Å². The van der Waals surface area contributed by atoms with E-state index in [0.29, 0.717) is 48.5 Å². The number of amides is 1. The normalized spacial score (nSPS) is 13.4. The maximum Gasteiger partial charge on any atom is 0.436 e. The average molecular weight is 582 g/mol. The fraction of sp³-hybridized carbons (Fsp3) is 0.385. The molecule has 7 nitrogen and oxygen atoms in total. The van der Waals surface area contributed by atoms with Crippen molar-refractivity contribution in [3.63, 3.8) is 0 Å². The van der Waals surface area contributed by atoms with E-state index < -0.39 is 17.8 Å². The van der Waals surface area contributed by atoms with Gasteiger partial charge in [-0.05, 0) is 84.6 Å². The molecule has 1 saturated carbocycles. The number of aromatic nitrogens is 2. The quantitative estimate of drug-likeness (QED) is 0.277. The third-order valence-electron chi connectivity index (χ3n) is 5.61. The van der Waals surface area contributed by atoms with Gasteiger partial charge < -0.3 is 19.5 Å². The van der Waals surface area contributed by atoms with Crippen LogP contribution in [-0.4, -0.2) is 28.9 Å². The fourth-order valence-corrected chi connectivity index (χ4v) is 4.66. The molecule has 1 aromatic heterocycles. The van der Waals surface area contributed by atoms with Crippen molar-refractivity contribution in [2.24, 2.45) is 0 Å². The zero-order valence-corrected chi connectivity index (χ0v) is 22.0. The molecule has 37 heavy (non-hydrogen) atoms. The molecule has 2 aromatic carbocycles. The number of anilines is 1. The molecule has 0 atom stereocenters. The molecule has 0 saturated heterocycles. The number of nitrogens with zero attached hydrogens (tertiary/aromatic N) is 2. The van der Waals surface area contributed by atoms with Gasteiger partial charge in [0.05, 0.1) is 23.4 Å². The Bertz CT molecular complexity index is 1240. The van der Waals surface area contributed by atoms with Crippen molar-refractivity contribution in [1.29, 1.82) is 0 Å². The minimum Gasteiger partial charge on any atom is -0.490 e. The Balaban J connectivity index is 1.36. The molecule has 3 aromatic rings. The molecule has 0 radical (unpaired) electrons. The molecule has 11 heteroatoms. The summed E-state index contributed by atoms with van der Waals surface area (Å²) in [6.07, 6.45) is -3.06. The smallest absolute Gasteiger partial charge is 0.436 e. The lowest BCUT2D eigenvalue weighted by atomic mass is 10.2. The van der Waals surface area contributed by atoms with Crippen LogP contribution in [0.5, 0.6) is 17.2 Å². The number of nitrogens with one attached hydrogen (secondary N) is 1. The van der Waals surface area contributed by atoms with Gasteiger partial charge in [-0.15, -0.1) is 0 Å². The van der Waals surface area contributed by atoms with Gasteiger partial charge in [-0.3, -0.25) is 9.48 Å². The standard InChI is InChI=1S/C26H27BrF3N3O4/c1-3-35-20-12-5-16(13-21(20)36-4-2)15-37-19-10-8-18(9-11-19)31-22(34)14-33-24(17-6-7-17)23(27)25(32-33)26(28,29)30/h5,8-13,17H,3-4,6-7,14-15H2,1-2H3,(H,31,34). The Morgan fingerprint density at radius 2 is 1.73 bits per heavy atom. The molecular weight excluding hydrogens is 555 g/mol. The first-order chi connectivity index (χ1) is 17.7. The van der Waals surface area contributed by atoms with Gasteiger partial charge in [0, 0.05) is 11.6 Å². The molecule has 1 N–H and O–H groups in total. The van der Waals surface area contributed by atoms with Gasteiger partial charge in [0.25, 0.3) is 0 Å². The number of alkyl halides is 3. The van der Waals surface area contributed by atoms with Crippen LogP contribution in [0.1, 0.15) is 49.6 Å². The number of hydrogen-bond donors (Lipinski definition) is 1. The maximum atomic E-state index is 13.3. The molecule has 0 bridgehead atoms. The molecule has 1 heterocycles. The monoisotopic (exact) mass is 581 g/mol. The number of carbonyl (C=O) groups is 1. The summed E-state index contributed by atoms with van der Waals surface area (Å²) in [6, 6.07) is 12.4. The Morgan fingerprint density at radius 1 is 1.05 bits per heavy atom. The molecule has 0 unspecified atom stereocenters. The molecule has 1 amide bonds. The van der Waals surface area contributed by atoms with Gasteiger partial charge in [-0.1, -0.05) is 6.07 Å². The average Bonchev–Trinajstić information content (AvgIpc) is 3.62. The Labute approximate surface area is 221 Å². The highest BCUT2D eigenvalue weighted by Gasteiger charge is 2.42. The van der Waals surface area contributed by atoms with Crippen molar-refractivity contribution >= 4 is 27.5 Å². The van der Waals surface area contributed by atoms with Gasteiger partial charge >= 0.3 is 6.18 Å². The lowest BCUT2D eigenvalue weighted by molar-refractivity contribution is -0.142. The SMILES string of the molecule is CCOc1ccc(COc2ccc(NC(=O)Cn3nc(C(F)(F)F)c(Br)c3C3CC3)cc2)cc1OCC. The van der Waals surface area contributed by atoms with Crippen molar-refractivity contribution < 1.29 is 32.2 Å². The van der Waals surface area contributed by atoms with Crippen LogP contribution in [-0.2, 0) is 24.1 Å². The van der Waals surface area contributed by atoms with E-state index in [-0.39, 0.29) is 16.9 Å². The largest absolute Gasteiger partial charge is 0.490 e. The summed E-state index contributed by atoms with van der Waals surface area (Å²) in [5.74, 6) is 1.42. The Hall–Kier alpha value is -3.21. The highest BCUT2D eigenvalue weighted by molar-refractivity contribution is 9.10. The topological polar surface area (TPSA) is 74.6 Å². The lowest BCUT2D eigenvalue weighted by Gasteiger charge is -2.13. The summed E-state index contributed by atoms with van der Waals surface area (Å²) in [5, 5.41) is 6.37. The highest BCUT2D eigenvalue weighted by atomic mass is 79.9. The van der Waals surface area contributed by atoms with E-state index in [2.05, 4.69) is 26.3 Å². The van der Waals surface area contributed by atoms with Crippen LogP contribution in [0.2, 0.25) is 0 Å². The number of halogens is 4. The van der Waals surface area contributed by atoms with Gasteiger partial charge in [0.15, 0.2) is 17.2 Å². The molecular formula is C26H27BrF3N3O4. The van der Waals surface area contributed by atoms with Crippen LogP contribution in [0.15, 0.2) is 46.9 Å². The van der Waals surface area contributed by atoms with Crippen molar-refractivity contribution in [1.82, 2.24) is 9.78 Å². The lowest BCUT2D eigenvalue weighted by Crippen LogP contribution is -2.21. The third kappa shape index (κ3) is 6.76. The summed E-state index contributed by atoms with van der Waals surface area (Å²) < 4.78 is 58.0. The van der Waals surface area contributed by atoms with Crippen molar-refractivity contribution in [3.05, 3.63) is 63.9 Å². The minimum atomic E-state index is -4.60. The van der Waals surface area contributed by atoms with Crippen molar-refractivity contribution in [3.8, 4) is 17.2 Å². The molecule has 1 aliphatic rings. The predicted octanol–water partition coefficient (Wildman–Crippen LogP) is 6.56. The zero-order chi connectivity index (χ0) is 26.6. The number of benzene rings is 2. The number of rotatable bonds is 11. The van der Waals surface area contributed by atoms with Crippen LogP contribution in [0.3, 0.4) is 0 Å². The second kappa shape index (κ2) is 11.5. The zero-order valence-electron chi connectivity index (χ0n) is 20.4. The fourth-order valence-electron chi connectivity index (χ4n) is 3.82. The summed E-state index contributed by atoms with van der Waals surface area (Å²) in [4.78, 5) is 12.6. The summed E-state index contributed by atoms with van der Waals surface area (Å²) in [7, 11) is 0. The molecule has 1 fully saturated rings. The first kappa shape index (κ1) is 26.8. The van der Waals surface area contributed by atoms with Crippen molar-refractivity contribution in [2.75, 3.05) is 18.5 Å². The van der Waals surface area contributed by atoms with Crippen LogP contribution < -0.4 is 19.5 Å². The Morgan fingerprint density at radius 3 is 2.35 bits per heavy atom. The van der Waals surface area contributed by atoms with E-state index in [1.807, 2.05) is 32.0 Å². The van der Waals surface area contributed by atoms with Crippen LogP contribution >= 0.6 is 15.9 Å². The Kier molecular flexibility index (Phi) is 8.31. The highest BCUT2D eigenvalue weighted by Crippen LogP contribution is 2.47. The van der Waals surface area contributed by atoms with Crippen LogP contribution in [0.4, 0.5) is 18.9 Å². The predicted molar refractivity (Wildman–Crippen MR) is 135 cm³/mol. The van der Waals surface area contributed by atoms with E-state index in [1.165, 1.54) is 0 Å². The van der Waals surface area contributed by atoms with Gasteiger partial charge in [0.1, 0.15) is 18.9 Å². The second-order valence-corrected chi connectivity index (χ2v) is 9.28. The molecule has 0 aliphatic heterocycles. The summed E-state index contributed by atoms with van der Waals surface area (Å²) >= 11 is 3.03. The summed E-state index contributed by atoms with van der Waals surface area (Å²) in [6.45, 7) is 4.84. The first-order valence-electron chi connectivity index (χ1n) is 11.9. The van der Waals surface area contributed by atoms with E-state index in [9.17, 15) is 18.0 Å². The van der Waals surface area contributed by atoms with E-state index in [0.717, 1.165) is 23.1 Å². The van der Waals surface area contributed by atoms with E-state index in [4.69, 9.17) is 14.2 Å².